The third-order valence-corrected chi connectivity index (χ3v) is 4.56. The van der Waals surface area contributed by atoms with E-state index >= 15 is 0 Å². The molecule has 4 rings (SSSR count). The van der Waals surface area contributed by atoms with Gasteiger partial charge in [-0.1, -0.05) is 42.5 Å². The summed E-state index contributed by atoms with van der Waals surface area (Å²) in [5, 5.41) is 0.940. The van der Waals surface area contributed by atoms with E-state index in [1.165, 1.54) is 5.56 Å². The molecule has 0 amide bonds. The number of hydrogen-bond donors (Lipinski definition) is 0. The molecule has 1 fully saturated rings. The number of aryl methyl sites for hydroxylation is 1. The first-order valence-corrected chi connectivity index (χ1v) is 9.02. The Labute approximate surface area is 153 Å². The van der Waals surface area contributed by atoms with E-state index in [4.69, 9.17) is 9.47 Å². The Balaban J connectivity index is 1.40. The second-order valence-electron chi connectivity index (χ2n) is 6.62. The van der Waals surface area contributed by atoms with Crippen LogP contribution in [0.2, 0.25) is 0 Å². The molecule has 0 bridgehead atoms. The van der Waals surface area contributed by atoms with Crippen LogP contribution in [0.5, 0.6) is 5.88 Å². The first kappa shape index (κ1) is 16.9. The van der Waals surface area contributed by atoms with Crippen LogP contribution >= 0.6 is 0 Å². The van der Waals surface area contributed by atoms with Gasteiger partial charge in [-0.3, -0.25) is 4.90 Å². The third kappa shape index (κ3) is 4.00. The fourth-order valence-corrected chi connectivity index (χ4v) is 3.31. The average molecular weight is 349 g/mol. The fraction of sp³-hybridized carbons (Fsp3) is 0.333. The van der Waals surface area contributed by atoms with Crippen molar-refractivity contribution in [3.63, 3.8) is 0 Å². The number of rotatable bonds is 5. The van der Waals surface area contributed by atoms with Gasteiger partial charge in [0, 0.05) is 19.6 Å². The number of nitrogens with zero attached hydrogens (tertiary/aromatic N) is 3. The van der Waals surface area contributed by atoms with Gasteiger partial charge in [-0.05, 0) is 24.6 Å². The Morgan fingerprint density at radius 1 is 1.08 bits per heavy atom. The van der Waals surface area contributed by atoms with Crippen LogP contribution in [-0.2, 0) is 11.3 Å². The second kappa shape index (κ2) is 7.81. The van der Waals surface area contributed by atoms with Crippen molar-refractivity contribution in [2.45, 2.75) is 19.6 Å². The maximum absolute atomic E-state index is 6.04. The van der Waals surface area contributed by atoms with Crippen LogP contribution in [0.25, 0.3) is 10.9 Å². The number of aromatic nitrogens is 2. The lowest BCUT2D eigenvalue weighted by atomic mass is 10.2. The van der Waals surface area contributed by atoms with Crippen LogP contribution in [0.4, 0.5) is 0 Å². The molecular weight excluding hydrogens is 326 g/mol. The van der Waals surface area contributed by atoms with Crippen molar-refractivity contribution in [1.82, 2.24) is 14.9 Å². The predicted molar refractivity (Wildman–Crippen MR) is 101 cm³/mol. The van der Waals surface area contributed by atoms with Gasteiger partial charge in [-0.15, -0.1) is 0 Å². The van der Waals surface area contributed by atoms with Gasteiger partial charge in [0.1, 0.15) is 18.5 Å². The molecule has 0 aliphatic carbocycles. The Kier molecular flexibility index (Phi) is 5.09. The summed E-state index contributed by atoms with van der Waals surface area (Å²) >= 11 is 0. The number of hydrogen-bond acceptors (Lipinski definition) is 5. The molecule has 0 unspecified atom stereocenters. The average Bonchev–Trinajstić information content (AvgIpc) is 2.67. The van der Waals surface area contributed by atoms with Gasteiger partial charge in [0.15, 0.2) is 0 Å². The lowest BCUT2D eigenvalue weighted by Crippen LogP contribution is -2.44. The Morgan fingerprint density at radius 3 is 2.77 bits per heavy atom. The summed E-state index contributed by atoms with van der Waals surface area (Å²) in [5.74, 6) is 1.35. The molecule has 1 aromatic heterocycles. The normalized spacial score (nSPS) is 18.1. The van der Waals surface area contributed by atoms with Gasteiger partial charge in [0.25, 0.3) is 0 Å². The molecule has 3 aromatic rings. The molecule has 1 aliphatic rings. The number of benzene rings is 2. The maximum atomic E-state index is 6.04. The third-order valence-electron chi connectivity index (χ3n) is 4.56. The number of morpholine rings is 1. The topological polar surface area (TPSA) is 47.5 Å². The standard InChI is InChI=1S/C21H23N3O2/c1-16-22-20-10-6-5-9-19(20)21(23-16)26-15-18-14-24(11-12-25-18)13-17-7-3-2-4-8-17/h2-10,18H,11-15H2,1H3/t18-/m0/s1. The highest BCUT2D eigenvalue weighted by Crippen LogP contribution is 2.22. The minimum absolute atomic E-state index is 0.0431. The molecular formula is C21H23N3O2. The summed E-state index contributed by atoms with van der Waals surface area (Å²) < 4.78 is 11.9. The molecule has 5 heteroatoms. The zero-order valence-corrected chi connectivity index (χ0v) is 15.0. The van der Waals surface area contributed by atoms with E-state index in [1.807, 2.05) is 37.3 Å². The molecule has 0 saturated carbocycles. The highest BCUT2D eigenvalue weighted by molar-refractivity contribution is 5.83. The summed E-state index contributed by atoms with van der Waals surface area (Å²) in [4.78, 5) is 11.3. The predicted octanol–water partition coefficient (Wildman–Crippen LogP) is 3.22. The molecule has 5 nitrogen and oxygen atoms in total. The maximum Gasteiger partial charge on any atom is 0.224 e. The summed E-state index contributed by atoms with van der Waals surface area (Å²) in [5.41, 5.74) is 2.23. The van der Waals surface area contributed by atoms with Crippen LogP contribution < -0.4 is 4.74 Å². The summed E-state index contributed by atoms with van der Waals surface area (Å²) in [6, 6.07) is 18.5. The van der Waals surface area contributed by atoms with Crippen LogP contribution in [-0.4, -0.2) is 47.3 Å². The van der Waals surface area contributed by atoms with Gasteiger partial charge in [0.2, 0.25) is 5.88 Å². The number of para-hydroxylation sites is 1. The zero-order chi connectivity index (χ0) is 17.8. The molecule has 1 saturated heterocycles. The number of ether oxygens (including phenoxy) is 2. The molecule has 0 spiro atoms. The second-order valence-corrected chi connectivity index (χ2v) is 6.62. The Morgan fingerprint density at radius 2 is 1.88 bits per heavy atom. The first-order chi connectivity index (χ1) is 12.8. The van der Waals surface area contributed by atoms with Crippen LogP contribution in [0.1, 0.15) is 11.4 Å². The molecule has 1 aliphatic heterocycles. The zero-order valence-electron chi connectivity index (χ0n) is 15.0. The van der Waals surface area contributed by atoms with Gasteiger partial charge < -0.3 is 9.47 Å². The molecule has 2 aromatic carbocycles. The smallest absolute Gasteiger partial charge is 0.224 e. The number of fused-ring (bicyclic) bond motifs is 1. The van der Waals surface area contributed by atoms with Crippen LogP contribution in [0.3, 0.4) is 0 Å². The van der Waals surface area contributed by atoms with Gasteiger partial charge in [0.05, 0.1) is 17.5 Å². The van der Waals surface area contributed by atoms with Gasteiger partial charge >= 0.3 is 0 Å². The SMILES string of the molecule is Cc1nc(OC[C@@H]2CN(Cc3ccccc3)CCO2)c2ccccc2n1. The van der Waals surface area contributed by atoms with E-state index < -0.39 is 0 Å². The van der Waals surface area contributed by atoms with Gasteiger partial charge in [-0.25, -0.2) is 4.98 Å². The van der Waals surface area contributed by atoms with Crippen molar-refractivity contribution < 1.29 is 9.47 Å². The summed E-state index contributed by atoms with van der Waals surface area (Å²) in [7, 11) is 0. The minimum Gasteiger partial charge on any atom is -0.474 e. The Bertz CT molecular complexity index is 870. The van der Waals surface area contributed by atoms with Crippen molar-refractivity contribution in [3.05, 3.63) is 66.0 Å². The molecule has 26 heavy (non-hydrogen) atoms. The first-order valence-electron chi connectivity index (χ1n) is 9.02. The van der Waals surface area contributed by atoms with Gasteiger partial charge in [-0.2, -0.15) is 4.98 Å². The Hall–Kier alpha value is -2.50. The van der Waals surface area contributed by atoms with Crippen LogP contribution in [0, 0.1) is 6.92 Å². The van der Waals surface area contributed by atoms with Crippen molar-refractivity contribution in [2.75, 3.05) is 26.3 Å². The lowest BCUT2D eigenvalue weighted by Gasteiger charge is -2.32. The minimum atomic E-state index is 0.0431. The summed E-state index contributed by atoms with van der Waals surface area (Å²) in [6.45, 7) is 5.85. The van der Waals surface area contributed by atoms with E-state index in [9.17, 15) is 0 Å². The van der Waals surface area contributed by atoms with Crippen molar-refractivity contribution in [1.29, 1.82) is 0 Å². The molecule has 1 atom stereocenters. The molecule has 2 heterocycles. The van der Waals surface area contributed by atoms with Crippen LogP contribution in [0.15, 0.2) is 54.6 Å². The quantitative estimate of drug-likeness (QED) is 0.708. The van der Waals surface area contributed by atoms with Crippen molar-refractivity contribution in [2.24, 2.45) is 0 Å². The highest BCUT2D eigenvalue weighted by Gasteiger charge is 2.21. The molecule has 134 valence electrons. The van der Waals surface area contributed by atoms with Crippen molar-refractivity contribution >= 4 is 10.9 Å². The van der Waals surface area contributed by atoms with Crippen molar-refractivity contribution in [3.8, 4) is 5.88 Å². The monoisotopic (exact) mass is 349 g/mol. The van der Waals surface area contributed by atoms with E-state index in [1.54, 1.807) is 0 Å². The largest absolute Gasteiger partial charge is 0.474 e. The van der Waals surface area contributed by atoms with E-state index in [0.717, 1.165) is 37.1 Å². The fourth-order valence-electron chi connectivity index (χ4n) is 3.31. The summed E-state index contributed by atoms with van der Waals surface area (Å²) in [6.07, 6.45) is 0.0431. The van der Waals surface area contributed by atoms with E-state index in [0.29, 0.717) is 18.3 Å². The lowest BCUT2D eigenvalue weighted by molar-refractivity contribution is -0.0508. The molecule has 0 N–H and O–H groups in total. The highest BCUT2D eigenvalue weighted by atomic mass is 16.5. The van der Waals surface area contributed by atoms with E-state index in [-0.39, 0.29) is 6.10 Å². The molecule has 0 radical (unpaired) electrons. The van der Waals surface area contributed by atoms with E-state index in [2.05, 4.69) is 39.1 Å².